The highest BCUT2D eigenvalue weighted by Crippen LogP contribution is 2.26. The Hall–Kier alpha value is -0.600. The van der Waals surface area contributed by atoms with Crippen LogP contribution >= 0.6 is 0 Å². The quantitative estimate of drug-likeness (QED) is 0.585. The molecule has 0 bridgehead atoms. The second-order valence-electron chi connectivity index (χ2n) is 4.57. The fourth-order valence-corrected chi connectivity index (χ4v) is 2.42. The normalized spacial score (nSPS) is 26.5. The molecule has 0 spiro atoms. The first kappa shape index (κ1) is 9.94. The van der Waals surface area contributed by atoms with Crippen LogP contribution in [0.3, 0.4) is 0 Å². The Kier molecular flexibility index (Phi) is 2.75. The molecule has 0 amide bonds. The molecule has 1 fully saturated rings. The van der Waals surface area contributed by atoms with Crippen molar-refractivity contribution in [3.05, 3.63) is 23.3 Å². The van der Waals surface area contributed by atoms with E-state index in [1.54, 1.807) is 5.57 Å². The third-order valence-electron chi connectivity index (χ3n) is 3.34. The first-order valence-corrected chi connectivity index (χ1v) is 5.43. The van der Waals surface area contributed by atoms with Crippen molar-refractivity contribution in [2.75, 3.05) is 27.2 Å². The largest absolute Gasteiger partial charge is 0.286 e. The standard InChI is InChI=1S/C12H20N2/c1-10-4-6-11(7-5-10)12-13(2)8-9-14(12)3/h4,7,12H,5-6,8-9H2,1-3H3. The average Bonchev–Trinajstić information content (AvgIpc) is 2.49. The van der Waals surface area contributed by atoms with Gasteiger partial charge in [-0.3, -0.25) is 9.80 Å². The molecule has 0 aromatic heterocycles. The van der Waals surface area contributed by atoms with E-state index >= 15 is 0 Å². The lowest BCUT2D eigenvalue weighted by molar-refractivity contribution is 0.221. The molecule has 0 aromatic carbocycles. The molecule has 0 radical (unpaired) electrons. The first-order chi connectivity index (χ1) is 6.68. The predicted molar refractivity (Wildman–Crippen MR) is 60.1 cm³/mol. The van der Waals surface area contributed by atoms with Crippen LogP contribution < -0.4 is 0 Å². The Balaban J connectivity index is 2.08. The minimum absolute atomic E-state index is 0.555. The lowest BCUT2D eigenvalue weighted by atomic mass is 9.98. The summed E-state index contributed by atoms with van der Waals surface area (Å²) in [7, 11) is 4.44. The van der Waals surface area contributed by atoms with Crippen LogP contribution in [0.15, 0.2) is 23.3 Å². The minimum atomic E-state index is 0.555. The van der Waals surface area contributed by atoms with E-state index in [-0.39, 0.29) is 0 Å². The SMILES string of the molecule is CC1=CCC(C2N(C)CCN2C)=CC1. The number of rotatable bonds is 1. The molecule has 2 nitrogen and oxygen atoms in total. The third-order valence-corrected chi connectivity index (χ3v) is 3.34. The van der Waals surface area contributed by atoms with Crippen molar-refractivity contribution in [2.45, 2.75) is 25.9 Å². The fraction of sp³-hybridized carbons (Fsp3) is 0.667. The van der Waals surface area contributed by atoms with Gasteiger partial charge in [-0.15, -0.1) is 0 Å². The molecule has 0 unspecified atom stereocenters. The summed E-state index contributed by atoms with van der Waals surface area (Å²) in [5.41, 5.74) is 3.09. The highest BCUT2D eigenvalue weighted by molar-refractivity contribution is 5.24. The summed E-state index contributed by atoms with van der Waals surface area (Å²) in [6.07, 6.45) is 7.63. The Labute approximate surface area is 86.9 Å². The van der Waals surface area contributed by atoms with Gasteiger partial charge in [-0.1, -0.05) is 17.7 Å². The van der Waals surface area contributed by atoms with Crippen molar-refractivity contribution < 1.29 is 0 Å². The molecule has 0 atom stereocenters. The lowest BCUT2D eigenvalue weighted by Gasteiger charge is -2.28. The topological polar surface area (TPSA) is 6.48 Å². The van der Waals surface area contributed by atoms with E-state index in [2.05, 4.69) is 43.0 Å². The van der Waals surface area contributed by atoms with E-state index in [1.807, 2.05) is 0 Å². The predicted octanol–water partition coefficient (Wildman–Crippen LogP) is 1.86. The van der Waals surface area contributed by atoms with Crippen molar-refractivity contribution >= 4 is 0 Å². The smallest absolute Gasteiger partial charge is 0.0844 e. The van der Waals surface area contributed by atoms with Gasteiger partial charge in [0.2, 0.25) is 0 Å². The van der Waals surface area contributed by atoms with Crippen LogP contribution in [0.1, 0.15) is 19.8 Å². The molecule has 2 rings (SSSR count). The molecule has 1 aliphatic carbocycles. The summed E-state index contributed by atoms with van der Waals surface area (Å²) < 4.78 is 0. The summed E-state index contributed by atoms with van der Waals surface area (Å²) in [6, 6.07) is 0. The molecule has 1 heterocycles. The lowest BCUT2D eigenvalue weighted by Crippen LogP contribution is -2.36. The average molecular weight is 192 g/mol. The molecule has 0 saturated carbocycles. The first-order valence-electron chi connectivity index (χ1n) is 5.43. The maximum Gasteiger partial charge on any atom is 0.0844 e. The molecule has 0 aromatic rings. The molecule has 78 valence electrons. The third kappa shape index (κ3) is 1.77. The van der Waals surface area contributed by atoms with E-state index < -0.39 is 0 Å². The maximum atomic E-state index is 2.44. The molecule has 14 heavy (non-hydrogen) atoms. The summed E-state index contributed by atoms with van der Waals surface area (Å²) in [5.74, 6) is 0. The second kappa shape index (κ2) is 3.87. The van der Waals surface area contributed by atoms with Crippen LogP contribution in [0.4, 0.5) is 0 Å². The zero-order valence-corrected chi connectivity index (χ0v) is 9.45. The van der Waals surface area contributed by atoms with Crippen molar-refractivity contribution in [1.82, 2.24) is 9.80 Å². The summed E-state index contributed by atoms with van der Waals surface area (Å²) in [6.45, 7) is 4.61. The van der Waals surface area contributed by atoms with Gasteiger partial charge in [0.1, 0.15) is 0 Å². The molecule has 0 N–H and O–H groups in total. The van der Waals surface area contributed by atoms with Crippen LogP contribution in [0, 0.1) is 0 Å². The zero-order chi connectivity index (χ0) is 10.1. The van der Waals surface area contributed by atoms with E-state index in [4.69, 9.17) is 0 Å². The monoisotopic (exact) mass is 192 g/mol. The van der Waals surface area contributed by atoms with Crippen LogP contribution in [0.2, 0.25) is 0 Å². The number of nitrogens with zero attached hydrogens (tertiary/aromatic N) is 2. The van der Waals surface area contributed by atoms with Crippen molar-refractivity contribution in [3.8, 4) is 0 Å². The Morgan fingerprint density at radius 3 is 2.21 bits per heavy atom. The van der Waals surface area contributed by atoms with Gasteiger partial charge in [0, 0.05) is 13.1 Å². The van der Waals surface area contributed by atoms with Crippen molar-refractivity contribution in [2.24, 2.45) is 0 Å². The van der Waals surface area contributed by atoms with Gasteiger partial charge in [-0.05, 0) is 39.4 Å². The Morgan fingerprint density at radius 1 is 1.07 bits per heavy atom. The zero-order valence-electron chi connectivity index (χ0n) is 9.45. The molecule has 2 heteroatoms. The van der Waals surface area contributed by atoms with Crippen LogP contribution in [-0.2, 0) is 0 Å². The maximum absolute atomic E-state index is 2.44. The van der Waals surface area contributed by atoms with E-state index in [0.717, 1.165) is 12.8 Å². The second-order valence-corrected chi connectivity index (χ2v) is 4.57. The van der Waals surface area contributed by atoms with Crippen LogP contribution in [0.5, 0.6) is 0 Å². The van der Waals surface area contributed by atoms with Gasteiger partial charge in [0.15, 0.2) is 0 Å². The number of hydrogen-bond acceptors (Lipinski definition) is 2. The molecular weight excluding hydrogens is 172 g/mol. The minimum Gasteiger partial charge on any atom is -0.286 e. The van der Waals surface area contributed by atoms with Gasteiger partial charge in [-0.2, -0.15) is 0 Å². The summed E-state index contributed by atoms with van der Waals surface area (Å²) in [4.78, 5) is 4.89. The van der Waals surface area contributed by atoms with Gasteiger partial charge in [0.25, 0.3) is 0 Å². The van der Waals surface area contributed by atoms with Crippen molar-refractivity contribution in [1.29, 1.82) is 0 Å². The molecule has 1 aliphatic heterocycles. The molecular formula is C12H20N2. The van der Waals surface area contributed by atoms with Gasteiger partial charge >= 0.3 is 0 Å². The highest BCUT2D eigenvalue weighted by Gasteiger charge is 2.29. The number of allylic oxidation sites excluding steroid dienone is 3. The van der Waals surface area contributed by atoms with Crippen molar-refractivity contribution in [3.63, 3.8) is 0 Å². The van der Waals surface area contributed by atoms with E-state index in [1.165, 1.54) is 18.7 Å². The molecule has 1 saturated heterocycles. The van der Waals surface area contributed by atoms with Gasteiger partial charge < -0.3 is 0 Å². The van der Waals surface area contributed by atoms with Gasteiger partial charge in [-0.25, -0.2) is 0 Å². The number of likely N-dealkylation sites (N-methyl/N-ethyl adjacent to an activating group) is 2. The Morgan fingerprint density at radius 2 is 1.71 bits per heavy atom. The Bertz CT molecular complexity index is 268. The van der Waals surface area contributed by atoms with Crippen LogP contribution in [-0.4, -0.2) is 43.2 Å². The van der Waals surface area contributed by atoms with E-state index in [9.17, 15) is 0 Å². The van der Waals surface area contributed by atoms with Crippen LogP contribution in [0.25, 0.3) is 0 Å². The van der Waals surface area contributed by atoms with E-state index in [0.29, 0.717) is 6.17 Å². The summed E-state index contributed by atoms with van der Waals surface area (Å²) >= 11 is 0. The number of hydrogen-bond donors (Lipinski definition) is 0. The summed E-state index contributed by atoms with van der Waals surface area (Å²) in [5, 5.41) is 0. The fourth-order valence-electron chi connectivity index (χ4n) is 2.42. The van der Waals surface area contributed by atoms with Gasteiger partial charge in [0.05, 0.1) is 6.17 Å². The highest BCUT2D eigenvalue weighted by atomic mass is 15.4. The molecule has 2 aliphatic rings.